The van der Waals surface area contributed by atoms with Crippen molar-refractivity contribution in [3.63, 3.8) is 0 Å². The molecule has 1 saturated heterocycles. The average Bonchev–Trinajstić information content (AvgIpc) is 3.38. The zero-order valence-corrected chi connectivity index (χ0v) is 17.5. The van der Waals surface area contributed by atoms with E-state index in [0.29, 0.717) is 38.9 Å². The maximum Gasteiger partial charge on any atom is 0.226 e. The second-order valence-corrected chi connectivity index (χ2v) is 8.55. The Hall–Kier alpha value is -1.77. The quantitative estimate of drug-likeness (QED) is 0.511. The molecule has 8 heteroatoms. The van der Waals surface area contributed by atoms with Gasteiger partial charge in [0, 0.05) is 19.0 Å². The number of nitrogens with zero attached hydrogens (tertiary/aromatic N) is 4. The average molecular weight is 405 g/mol. The molecule has 0 atom stereocenters. The molecule has 0 saturated carbocycles. The van der Waals surface area contributed by atoms with Crippen LogP contribution in [0.15, 0.2) is 12.2 Å². The van der Waals surface area contributed by atoms with Gasteiger partial charge in [0.1, 0.15) is 5.69 Å². The minimum absolute atomic E-state index is 0.145. The van der Waals surface area contributed by atoms with Crippen LogP contribution in [-0.4, -0.2) is 63.8 Å². The molecule has 0 radical (unpaired) electrons. The van der Waals surface area contributed by atoms with Crippen LogP contribution in [-0.2, 0) is 38.8 Å². The Balaban J connectivity index is 1.27. The van der Waals surface area contributed by atoms with Crippen molar-refractivity contribution < 1.29 is 19.0 Å². The smallest absolute Gasteiger partial charge is 0.226 e. The number of piperidine rings is 1. The van der Waals surface area contributed by atoms with Gasteiger partial charge in [-0.25, -0.2) is 4.68 Å². The largest absolute Gasteiger partial charge is 0.376 e. The molecule has 3 heterocycles. The lowest BCUT2D eigenvalue weighted by Crippen LogP contribution is -2.52. The van der Waals surface area contributed by atoms with Gasteiger partial charge in [-0.15, -0.1) is 5.10 Å². The summed E-state index contributed by atoms with van der Waals surface area (Å²) >= 11 is 0. The number of hydrogen-bond donors (Lipinski definition) is 0. The molecular weight excluding hydrogens is 372 g/mol. The molecule has 2 aliphatic heterocycles. The highest BCUT2D eigenvalue weighted by Crippen LogP contribution is 2.34. The van der Waals surface area contributed by atoms with Gasteiger partial charge in [-0.1, -0.05) is 17.4 Å². The summed E-state index contributed by atoms with van der Waals surface area (Å²) in [7, 11) is 0. The van der Waals surface area contributed by atoms with E-state index in [1.165, 1.54) is 0 Å². The standard InChI is InChI=1S/C21H32N4O4/c1-16(2)28-12-11-27-13-18-19-14-29-21(15-25(19)23-22-18)7-9-24(10-8-21)20(26)17-5-3-4-6-17/h3-4,16-17H,5-15H2,1-2H3. The molecule has 0 unspecified atom stereocenters. The molecule has 0 aromatic carbocycles. The number of amides is 1. The van der Waals surface area contributed by atoms with E-state index in [2.05, 4.69) is 22.5 Å². The van der Waals surface area contributed by atoms with Crippen LogP contribution in [0.3, 0.4) is 0 Å². The molecule has 1 aliphatic carbocycles. The van der Waals surface area contributed by atoms with Gasteiger partial charge in [0.25, 0.3) is 0 Å². The lowest BCUT2D eigenvalue weighted by molar-refractivity contribution is -0.149. The first kappa shape index (κ1) is 20.5. The lowest BCUT2D eigenvalue weighted by Gasteiger charge is -2.44. The summed E-state index contributed by atoms with van der Waals surface area (Å²) in [5.74, 6) is 0.440. The van der Waals surface area contributed by atoms with E-state index < -0.39 is 0 Å². The molecule has 1 spiro atoms. The Morgan fingerprint density at radius 3 is 2.76 bits per heavy atom. The Bertz CT molecular complexity index is 729. The first-order valence-corrected chi connectivity index (χ1v) is 10.7. The number of ether oxygens (including phenoxy) is 3. The minimum Gasteiger partial charge on any atom is -0.376 e. The fourth-order valence-corrected chi connectivity index (χ4v) is 4.33. The van der Waals surface area contributed by atoms with Gasteiger partial charge in [-0.05, 0) is 39.5 Å². The second kappa shape index (κ2) is 8.93. The van der Waals surface area contributed by atoms with Crippen LogP contribution in [0.4, 0.5) is 0 Å². The Morgan fingerprint density at radius 2 is 2.03 bits per heavy atom. The molecule has 0 N–H and O–H groups in total. The molecule has 8 nitrogen and oxygen atoms in total. The Labute approximate surface area is 172 Å². The monoisotopic (exact) mass is 404 g/mol. The highest BCUT2D eigenvalue weighted by atomic mass is 16.5. The summed E-state index contributed by atoms with van der Waals surface area (Å²) in [5, 5.41) is 8.64. The maximum atomic E-state index is 12.7. The van der Waals surface area contributed by atoms with Gasteiger partial charge >= 0.3 is 0 Å². The van der Waals surface area contributed by atoms with Crippen LogP contribution in [0.1, 0.15) is 50.9 Å². The number of carbonyl (C=O) groups is 1. The SMILES string of the molecule is CC(C)OCCOCc1nnn2c1COC1(CCN(C(=O)C3CC=CC3)CC1)C2. The molecule has 1 aromatic rings. The molecule has 4 rings (SSSR count). The summed E-state index contributed by atoms with van der Waals surface area (Å²) < 4.78 is 19.4. The fraction of sp³-hybridized carbons (Fsp3) is 0.762. The molecule has 1 aromatic heterocycles. The van der Waals surface area contributed by atoms with E-state index in [4.69, 9.17) is 14.2 Å². The molecule has 160 valence electrons. The van der Waals surface area contributed by atoms with Crippen LogP contribution in [0.25, 0.3) is 0 Å². The molecule has 3 aliphatic rings. The second-order valence-electron chi connectivity index (χ2n) is 8.55. The van der Waals surface area contributed by atoms with E-state index >= 15 is 0 Å². The number of hydrogen-bond acceptors (Lipinski definition) is 6. The van der Waals surface area contributed by atoms with Crippen molar-refractivity contribution in [1.82, 2.24) is 19.9 Å². The van der Waals surface area contributed by atoms with Crippen LogP contribution < -0.4 is 0 Å². The minimum atomic E-state index is -0.241. The zero-order valence-electron chi connectivity index (χ0n) is 17.5. The van der Waals surface area contributed by atoms with E-state index in [0.717, 1.165) is 50.2 Å². The van der Waals surface area contributed by atoms with Gasteiger partial charge in [0.05, 0.1) is 50.4 Å². The third-order valence-corrected chi connectivity index (χ3v) is 6.13. The normalized spacial score (nSPS) is 21.3. The third-order valence-electron chi connectivity index (χ3n) is 6.13. The molecule has 0 bridgehead atoms. The zero-order chi connectivity index (χ0) is 20.3. The summed E-state index contributed by atoms with van der Waals surface area (Å²) in [6.07, 6.45) is 7.89. The topological polar surface area (TPSA) is 78.7 Å². The van der Waals surface area contributed by atoms with Crippen LogP contribution >= 0.6 is 0 Å². The number of rotatable bonds is 7. The maximum absolute atomic E-state index is 12.7. The van der Waals surface area contributed by atoms with Crippen molar-refractivity contribution >= 4 is 5.91 Å². The van der Waals surface area contributed by atoms with Gasteiger partial charge in [-0.3, -0.25) is 4.79 Å². The van der Waals surface area contributed by atoms with Crippen LogP contribution in [0, 0.1) is 5.92 Å². The summed E-state index contributed by atoms with van der Waals surface area (Å²) in [4.78, 5) is 14.7. The Kier molecular flexibility index (Phi) is 6.32. The van der Waals surface area contributed by atoms with Gasteiger partial charge < -0.3 is 19.1 Å². The van der Waals surface area contributed by atoms with Crippen molar-refractivity contribution in [2.75, 3.05) is 26.3 Å². The fourth-order valence-electron chi connectivity index (χ4n) is 4.33. The summed E-state index contributed by atoms with van der Waals surface area (Å²) in [5.41, 5.74) is 1.59. The van der Waals surface area contributed by atoms with Gasteiger partial charge in [0.2, 0.25) is 5.91 Å². The van der Waals surface area contributed by atoms with Crippen molar-refractivity contribution in [1.29, 1.82) is 0 Å². The molecule has 29 heavy (non-hydrogen) atoms. The van der Waals surface area contributed by atoms with Gasteiger partial charge in [-0.2, -0.15) is 0 Å². The number of carbonyl (C=O) groups excluding carboxylic acids is 1. The number of aromatic nitrogens is 3. The lowest BCUT2D eigenvalue weighted by atomic mass is 9.89. The molecule has 1 fully saturated rings. The van der Waals surface area contributed by atoms with E-state index in [-0.39, 0.29) is 17.6 Å². The first-order chi connectivity index (χ1) is 14.1. The van der Waals surface area contributed by atoms with Gasteiger partial charge in [0.15, 0.2) is 0 Å². The van der Waals surface area contributed by atoms with Crippen molar-refractivity contribution in [3.05, 3.63) is 23.5 Å². The predicted molar refractivity (Wildman–Crippen MR) is 106 cm³/mol. The highest BCUT2D eigenvalue weighted by molar-refractivity contribution is 5.79. The van der Waals surface area contributed by atoms with Crippen molar-refractivity contribution in [2.45, 2.75) is 71.0 Å². The first-order valence-electron chi connectivity index (χ1n) is 10.7. The van der Waals surface area contributed by atoms with Crippen molar-refractivity contribution in [3.8, 4) is 0 Å². The van der Waals surface area contributed by atoms with E-state index in [1.807, 2.05) is 23.4 Å². The number of likely N-dealkylation sites (tertiary alicyclic amines) is 1. The van der Waals surface area contributed by atoms with E-state index in [1.54, 1.807) is 0 Å². The highest BCUT2D eigenvalue weighted by Gasteiger charge is 2.42. The van der Waals surface area contributed by atoms with Crippen LogP contribution in [0.2, 0.25) is 0 Å². The molecular formula is C21H32N4O4. The molecule has 1 amide bonds. The van der Waals surface area contributed by atoms with Crippen LogP contribution in [0.5, 0.6) is 0 Å². The predicted octanol–water partition coefficient (Wildman–Crippen LogP) is 2.08. The van der Waals surface area contributed by atoms with E-state index in [9.17, 15) is 4.79 Å². The third kappa shape index (κ3) is 4.70. The summed E-state index contributed by atoms with van der Waals surface area (Å²) in [6.45, 7) is 8.25. The number of fused-ring (bicyclic) bond motifs is 1. The Morgan fingerprint density at radius 1 is 1.28 bits per heavy atom. The van der Waals surface area contributed by atoms with Crippen molar-refractivity contribution in [2.24, 2.45) is 5.92 Å². The number of allylic oxidation sites excluding steroid dienone is 2. The summed E-state index contributed by atoms with van der Waals surface area (Å²) in [6, 6.07) is 0.